The Balaban J connectivity index is 2.11. The van der Waals surface area contributed by atoms with Crippen molar-refractivity contribution in [2.24, 2.45) is 5.73 Å². The number of hydrogen-bond acceptors (Lipinski definition) is 4. The molecule has 0 saturated carbocycles. The Hall–Kier alpha value is -0.870. The Morgan fingerprint density at radius 2 is 2.38 bits per heavy atom. The summed E-state index contributed by atoms with van der Waals surface area (Å²) in [4.78, 5) is 11.8. The average molecular weight is 183 g/mol. The molecule has 4 nitrogen and oxygen atoms in total. The van der Waals surface area contributed by atoms with Crippen molar-refractivity contribution in [3.05, 3.63) is 11.8 Å². The van der Waals surface area contributed by atoms with Gasteiger partial charge in [0.2, 0.25) is 0 Å². The fourth-order valence-corrected chi connectivity index (χ4v) is 1.63. The summed E-state index contributed by atoms with van der Waals surface area (Å²) >= 11 is 0. The van der Waals surface area contributed by atoms with E-state index in [0.717, 1.165) is 0 Å². The Bertz CT molecular complexity index is 254. The topological polar surface area (TPSA) is 61.6 Å². The molecule has 0 aromatic carbocycles. The first-order chi connectivity index (χ1) is 6.22. The largest absolute Gasteiger partial charge is 0.500 e. The second-order valence-corrected chi connectivity index (χ2v) is 3.55. The van der Waals surface area contributed by atoms with Crippen LogP contribution in [0, 0.1) is 0 Å². The Labute approximate surface area is 76.7 Å². The predicted octanol–water partition coefficient (Wildman–Crippen LogP) is -0.0225. The van der Waals surface area contributed by atoms with Gasteiger partial charge < -0.3 is 15.2 Å². The summed E-state index contributed by atoms with van der Waals surface area (Å²) in [6, 6.07) is 0. The molecular formula is C9H13NO3. The number of Topliss-reactive ketones (excluding diaryl/α,β-unsaturated/α-hetero) is 1. The Morgan fingerprint density at radius 3 is 2.92 bits per heavy atom. The SMILES string of the molecule is NC1(C(=O)C2=COCC2)CCOC1. The molecule has 2 rings (SSSR count). The van der Waals surface area contributed by atoms with Crippen LogP contribution in [0.5, 0.6) is 0 Å². The van der Waals surface area contributed by atoms with Crippen LogP contribution >= 0.6 is 0 Å². The molecule has 2 heterocycles. The van der Waals surface area contributed by atoms with Crippen molar-refractivity contribution in [3.8, 4) is 0 Å². The first kappa shape index (κ1) is 8.72. The maximum atomic E-state index is 11.8. The zero-order valence-electron chi connectivity index (χ0n) is 7.41. The Kier molecular flexibility index (Phi) is 2.09. The van der Waals surface area contributed by atoms with Crippen molar-refractivity contribution < 1.29 is 14.3 Å². The highest BCUT2D eigenvalue weighted by atomic mass is 16.5. The quantitative estimate of drug-likeness (QED) is 0.653. The molecule has 72 valence electrons. The number of ketones is 1. The molecule has 2 aliphatic rings. The number of carbonyl (C=O) groups excluding carboxylic acids is 1. The molecule has 0 bridgehead atoms. The number of ether oxygens (including phenoxy) is 2. The van der Waals surface area contributed by atoms with E-state index >= 15 is 0 Å². The highest BCUT2D eigenvalue weighted by Gasteiger charge is 2.40. The van der Waals surface area contributed by atoms with Crippen LogP contribution < -0.4 is 5.73 Å². The van der Waals surface area contributed by atoms with E-state index in [0.29, 0.717) is 38.2 Å². The van der Waals surface area contributed by atoms with Gasteiger partial charge in [0.25, 0.3) is 0 Å². The van der Waals surface area contributed by atoms with E-state index in [1.54, 1.807) is 0 Å². The molecule has 2 aliphatic heterocycles. The van der Waals surface area contributed by atoms with E-state index in [4.69, 9.17) is 15.2 Å². The molecule has 0 amide bonds. The maximum Gasteiger partial charge on any atom is 0.184 e. The summed E-state index contributed by atoms with van der Waals surface area (Å²) in [6.45, 7) is 1.51. The van der Waals surface area contributed by atoms with Gasteiger partial charge in [0.1, 0.15) is 5.54 Å². The van der Waals surface area contributed by atoms with Crippen molar-refractivity contribution in [1.82, 2.24) is 0 Å². The van der Waals surface area contributed by atoms with Crippen LogP contribution in [0.15, 0.2) is 11.8 Å². The molecule has 1 saturated heterocycles. The first-order valence-electron chi connectivity index (χ1n) is 4.44. The fourth-order valence-electron chi connectivity index (χ4n) is 1.63. The van der Waals surface area contributed by atoms with Crippen molar-refractivity contribution in [2.45, 2.75) is 18.4 Å². The van der Waals surface area contributed by atoms with Crippen molar-refractivity contribution >= 4 is 5.78 Å². The van der Waals surface area contributed by atoms with Gasteiger partial charge in [0.15, 0.2) is 5.78 Å². The van der Waals surface area contributed by atoms with E-state index in [-0.39, 0.29) is 5.78 Å². The zero-order valence-corrected chi connectivity index (χ0v) is 7.41. The van der Waals surface area contributed by atoms with Crippen LogP contribution in [0.4, 0.5) is 0 Å². The molecule has 2 N–H and O–H groups in total. The maximum absolute atomic E-state index is 11.8. The fraction of sp³-hybridized carbons (Fsp3) is 0.667. The van der Waals surface area contributed by atoms with Crippen LogP contribution in [0.1, 0.15) is 12.8 Å². The third-order valence-electron chi connectivity index (χ3n) is 2.51. The number of rotatable bonds is 2. The number of nitrogens with two attached hydrogens (primary N) is 1. The first-order valence-corrected chi connectivity index (χ1v) is 4.44. The molecular weight excluding hydrogens is 170 g/mol. The van der Waals surface area contributed by atoms with Gasteiger partial charge in [0, 0.05) is 18.6 Å². The second-order valence-electron chi connectivity index (χ2n) is 3.55. The van der Waals surface area contributed by atoms with Gasteiger partial charge >= 0.3 is 0 Å². The molecule has 0 aromatic heterocycles. The normalized spacial score (nSPS) is 32.8. The third kappa shape index (κ3) is 1.47. The summed E-state index contributed by atoms with van der Waals surface area (Å²) in [5.74, 6) is -0.0116. The molecule has 0 aliphatic carbocycles. The van der Waals surface area contributed by atoms with Gasteiger partial charge in [-0.3, -0.25) is 4.79 Å². The molecule has 0 spiro atoms. The van der Waals surface area contributed by atoms with Crippen LogP contribution in [0.2, 0.25) is 0 Å². The lowest BCUT2D eigenvalue weighted by atomic mass is 9.89. The van der Waals surface area contributed by atoms with Gasteiger partial charge in [-0.2, -0.15) is 0 Å². The third-order valence-corrected chi connectivity index (χ3v) is 2.51. The lowest BCUT2D eigenvalue weighted by molar-refractivity contribution is -0.120. The molecule has 0 aromatic rings. The van der Waals surface area contributed by atoms with Crippen molar-refractivity contribution in [1.29, 1.82) is 0 Å². The monoisotopic (exact) mass is 183 g/mol. The van der Waals surface area contributed by atoms with Crippen LogP contribution in [0.25, 0.3) is 0 Å². The van der Waals surface area contributed by atoms with Gasteiger partial charge in [-0.15, -0.1) is 0 Å². The molecule has 0 radical (unpaired) electrons. The van der Waals surface area contributed by atoms with Gasteiger partial charge in [-0.25, -0.2) is 0 Å². The lowest BCUT2D eigenvalue weighted by Crippen LogP contribution is -2.49. The van der Waals surface area contributed by atoms with E-state index < -0.39 is 5.54 Å². The smallest absolute Gasteiger partial charge is 0.184 e. The minimum absolute atomic E-state index is 0.0116. The average Bonchev–Trinajstić information content (AvgIpc) is 2.73. The van der Waals surface area contributed by atoms with E-state index in [2.05, 4.69) is 0 Å². The van der Waals surface area contributed by atoms with E-state index in [1.165, 1.54) is 6.26 Å². The summed E-state index contributed by atoms with van der Waals surface area (Å²) in [5, 5.41) is 0. The summed E-state index contributed by atoms with van der Waals surface area (Å²) in [7, 11) is 0. The zero-order chi connectivity index (χ0) is 9.31. The number of hydrogen-bond donors (Lipinski definition) is 1. The number of carbonyl (C=O) groups is 1. The second kappa shape index (κ2) is 3.12. The molecule has 4 heteroatoms. The van der Waals surface area contributed by atoms with Gasteiger partial charge in [-0.05, 0) is 6.42 Å². The Morgan fingerprint density at radius 1 is 1.54 bits per heavy atom. The summed E-state index contributed by atoms with van der Waals surface area (Å²) in [6.07, 6.45) is 2.82. The predicted molar refractivity (Wildman–Crippen MR) is 46.0 cm³/mol. The summed E-state index contributed by atoms with van der Waals surface area (Å²) < 4.78 is 10.1. The van der Waals surface area contributed by atoms with Gasteiger partial charge in [-0.1, -0.05) is 0 Å². The molecule has 1 atom stereocenters. The minimum Gasteiger partial charge on any atom is -0.500 e. The van der Waals surface area contributed by atoms with Crippen LogP contribution in [-0.4, -0.2) is 31.1 Å². The minimum atomic E-state index is -0.792. The molecule has 1 fully saturated rings. The van der Waals surface area contributed by atoms with Crippen molar-refractivity contribution in [2.75, 3.05) is 19.8 Å². The van der Waals surface area contributed by atoms with Gasteiger partial charge in [0.05, 0.1) is 19.5 Å². The van der Waals surface area contributed by atoms with E-state index in [9.17, 15) is 4.79 Å². The highest BCUT2D eigenvalue weighted by molar-refractivity contribution is 6.02. The standard InChI is InChI=1S/C9H13NO3/c10-9(2-4-13-6-9)8(11)7-1-3-12-5-7/h5H,1-4,6,10H2. The van der Waals surface area contributed by atoms with Crippen molar-refractivity contribution in [3.63, 3.8) is 0 Å². The highest BCUT2D eigenvalue weighted by Crippen LogP contribution is 2.23. The van der Waals surface area contributed by atoms with E-state index in [1.807, 2.05) is 0 Å². The molecule has 13 heavy (non-hydrogen) atoms. The molecule has 1 unspecified atom stereocenters. The van der Waals surface area contributed by atoms with Crippen LogP contribution in [0.3, 0.4) is 0 Å². The summed E-state index contributed by atoms with van der Waals surface area (Å²) in [5.41, 5.74) is 5.82. The van der Waals surface area contributed by atoms with Crippen LogP contribution in [-0.2, 0) is 14.3 Å². The lowest BCUT2D eigenvalue weighted by Gasteiger charge is -2.19.